The monoisotopic (exact) mass is 310 g/mol. The number of aromatic nitrogens is 1. The van der Waals surface area contributed by atoms with Gasteiger partial charge >= 0.3 is 0 Å². The fraction of sp³-hybridized carbons (Fsp3) is 0.222. The Kier molecular flexibility index (Phi) is 3.94. The van der Waals surface area contributed by atoms with Gasteiger partial charge in [0.05, 0.1) is 22.8 Å². The normalized spacial score (nSPS) is 12.3. The van der Waals surface area contributed by atoms with E-state index in [1.54, 1.807) is 11.3 Å². The Labute approximate surface area is 134 Å². The Bertz CT molecular complexity index is 824. The molecule has 1 amide bonds. The molecule has 1 aromatic carbocycles. The van der Waals surface area contributed by atoms with Crippen molar-refractivity contribution < 1.29 is 4.79 Å². The summed E-state index contributed by atoms with van der Waals surface area (Å²) in [6.07, 6.45) is 0. The summed E-state index contributed by atoms with van der Waals surface area (Å²) in [7, 11) is 0. The van der Waals surface area contributed by atoms with Gasteiger partial charge in [-0.15, -0.1) is 11.3 Å². The number of amides is 1. The quantitative estimate of drug-likeness (QED) is 0.779. The molecule has 3 nitrogen and oxygen atoms in total. The van der Waals surface area contributed by atoms with E-state index in [1.165, 1.54) is 0 Å². The highest BCUT2D eigenvalue weighted by Crippen LogP contribution is 2.21. The number of pyridine rings is 1. The summed E-state index contributed by atoms with van der Waals surface area (Å²) in [4.78, 5) is 18.3. The first-order valence-corrected chi connectivity index (χ1v) is 8.15. The fourth-order valence-corrected chi connectivity index (χ4v) is 3.24. The lowest BCUT2D eigenvalue weighted by molar-refractivity contribution is 0.0939. The summed E-state index contributed by atoms with van der Waals surface area (Å²) in [6.45, 7) is 5.92. The molecule has 0 bridgehead atoms. The average molecular weight is 310 g/mol. The van der Waals surface area contributed by atoms with E-state index in [0.717, 1.165) is 27.0 Å². The minimum absolute atomic E-state index is 0.0000985. The Balaban J connectivity index is 1.91. The van der Waals surface area contributed by atoms with Gasteiger partial charge in [-0.05, 0) is 50.4 Å². The molecule has 1 N–H and O–H groups in total. The Morgan fingerprint density at radius 3 is 2.77 bits per heavy atom. The minimum Gasteiger partial charge on any atom is -0.345 e. The molecule has 112 valence electrons. The predicted molar refractivity (Wildman–Crippen MR) is 91.4 cm³/mol. The molecule has 0 aliphatic rings. The molecule has 22 heavy (non-hydrogen) atoms. The Morgan fingerprint density at radius 2 is 2.05 bits per heavy atom. The predicted octanol–water partition coefficient (Wildman–Crippen LogP) is 4.40. The number of aryl methyl sites for hydroxylation is 2. The Morgan fingerprint density at radius 1 is 1.23 bits per heavy atom. The highest BCUT2D eigenvalue weighted by molar-refractivity contribution is 7.10. The van der Waals surface area contributed by atoms with Crippen molar-refractivity contribution in [3.8, 4) is 0 Å². The van der Waals surface area contributed by atoms with E-state index in [9.17, 15) is 4.79 Å². The fourth-order valence-electron chi connectivity index (χ4n) is 2.51. The van der Waals surface area contributed by atoms with Crippen molar-refractivity contribution in [3.05, 3.63) is 63.5 Å². The number of benzene rings is 1. The van der Waals surface area contributed by atoms with E-state index in [-0.39, 0.29) is 11.9 Å². The Hall–Kier alpha value is -2.20. The van der Waals surface area contributed by atoms with E-state index in [4.69, 9.17) is 0 Å². The molecule has 3 aromatic rings. The molecule has 0 aliphatic heterocycles. The van der Waals surface area contributed by atoms with Crippen LogP contribution in [0.5, 0.6) is 0 Å². The molecule has 1 unspecified atom stereocenters. The van der Waals surface area contributed by atoms with E-state index in [1.807, 2.05) is 56.5 Å². The molecular weight excluding hydrogens is 292 g/mol. The molecule has 2 aromatic heterocycles. The van der Waals surface area contributed by atoms with Crippen LogP contribution in [-0.2, 0) is 0 Å². The van der Waals surface area contributed by atoms with Gasteiger partial charge in [0, 0.05) is 10.3 Å². The van der Waals surface area contributed by atoms with Crippen LogP contribution in [0.3, 0.4) is 0 Å². The summed E-state index contributed by atoms with van der Waals surface area (Å²) in [6, 6.07) is 12.0. The van der Waals surface area contributed by atoms with Gasteiger partial charge in [0.2, 0.25) is 0 Å². The zero-order valence-electron chi connectivity index (χ0n) is 12.9. The molecule has 4 heteroatoms. The van der Waals surface area contributed by atoms with Gasteiger partial charge in [-0.1, -0.05) is 17.7 Å². The van der Waals surface area contributed by atoms with Crippen molar-refractivity contribution in [2.45, 2.75) is 26.8 Å². The smallest absolute Gasteiger partial charge is 0.253 e. The second kappa shape index (κ2) is 5.89. The van der Waals surface area contributed by atoms with E-state index >= 15 is 0 Å². The average Bonchev–Trinajstić information content (AvgIpc) is 3.01. The van der Waals surface area contributed by atoms with E-state index in [2.05, 4.69) is 16.4 Å². The molecule has 0 fully saturated rings. The van der Waals surface area contributed by atoms with Crippen LogP contribution in [-0.4, -0.2) is 10.9 Å². The topological polar surface area (TPSA) is 42.0 Å². The van der Waals surface area contributed by atoms with Crippen LogP contribution in [0.15, 0.2) is 41.8 Å². The summed E-state index contributed by atoms with van der Waals surface area (Å²) in [5.74, 6) is -0.0747. The molecule has 3 rings (SSSR count). The number of carbonyl (C=O) groups is 1. The van der Waals surface area contributed by atoms with Gasteiger partial charge in [0.1, 0.15) is 0 Å². The largest absolute Gasteiger partial charge is 0.345 e. The van der Waals surface area contributed by atoms with Gasteiger partial charge in [0.25, 0.3) is 5.91 Å². The van der Waals surface area contributed by atoms with Gasteiger partial charge in [-0.2, -0.15) is 0 Å². The zero-order valence-corrected chi connectivity index (χ0v) is 13.7. The highest BCUT2D eigenvalue weighted by atomic mass is 32.1. The second-order valence-corrected chi connectivity index (χ2v) is 6.51. The van der Waals surface area contributed by atoms with E-state index < -0.39 is 0 Å². The van der Waals surface area contributed by atoms with Crippen LogP contribution < -0.4 is 5.32 Å². The molecule has 0 aliphatic carbocycles. The zero-order chi connectivity index (χ0) is 15.7. The number of rotatable bonds is 3. The summed E-state index contributed by atoms with van der Waals surface area (Å²) < 4.78 is 0. The number of fused-ring (bicyclic) bond motifs is 1. The van der Waals surface area contributed by atoms with Crippen molar-refractivity contribution in [2.24, 2.45) is 0 Å². The second-order valence-electron chi connectivity index (χ2n) is 5.53. The molecule has 0 saturated heterocycles. The molecule has 0 radical (unpaired) electrons. The van der Waals surface area contributed by atoms with E-state index in [0.29, 0.717) is 5.56 Å². The lowest BCUT2D eigenvalue weighted by Crippen LogP contribution is -2.27. The van der Waals surface area contributed by atoms with Crippen LogP contribution in [0.4, 0.5) is 0 Å². The minimum atomic E-state index is -0.0747. The number of hydrogen-bond donors (Lipinski definition) is 1. The molecule has 1 atom stereocenters. The van der Waals surface area contributed by atoms with Gasteiger partial charge in [-0.3, -0.25) is 9.78 Å². The van der Waals surface area contributed by atoms with Crippen molar-refractivity contribution >= 4 is 28.1 Å². The van der Waals surface area contributed by atoms with Crippen molar-refractivity contribution in [3.63, 3.8) is 0 Å². The van der Waals surface area contributed by atoms with Crippen molar-refractivity contribution in [2.75, 3.05) is 0 Å². The number of carbonyl (C=O) groups excluding carboxylic acids is 1. The SMILES string of the molecule is Cc1ccc2nc(C)c(C(=O)NC(C)c3cccs3)cc2c1. The lowest BCUT2D eigenvalue weighted by Gasteiger charge is -2.14. The summed E-state index contributed by atoms with van der Waals surface area (Å²) in [5, 5.41) is 6.07. The standard InChI is InChI=1S/C18H18N2OS/c1-11-6-7-16-14(9-11)10-15(12(2)19-16)18(21)20-13(3)17-5-4-8-22-17/h4-10,13H,1-3H3,(H,20,21). The van der Waals surface area contributed by atoms with Gasteiger partial charge in [-0.25, -0.2) is 0 Å². The first-order chi connectivity index (χ1) is 10.5. The van der Waals surface area contributed by atoms with Crippen molar-refractivity contribution in [1.29, 1.82) is 0 Å². The van der Waals surface area contributed by atoms with Gasteiger partial charge in [0.15, 0.2) is 0 Å². The number of thiophene rings is 1. The molecule has 0 spiro atoms. The third-order valence-electron chi connectivity index (χ3n) is 3.72. The highest BCUT2D eigenvalue weighted by Gasteiger charge is 2.15. The maximum Gasteiger partial charge on any atom is 0.253 e. The maximum absolute atomic E-state index is 12.6. The number of nitrogens with zero attached hydrogens (tertiary/aromatic N) is 1. The number of hydrogen-bond acceptors (Lipinski definition) is 3. The summed E-state index contributed by atoms with van der Waals surface area (Å²) in [5.41, 5.74) is 3.48. The lowest BCUT2D eigenvalue weighted by atomic mass is 10.1. The van der Waals surface area contributed by atoms with Gasteiger partial charge < -0.3 is 5.32 Å². The third kappa shape index (κ3) is 2.88. The first kappa shape index (κ1) is 14.7. The van der Waals surface area contributed by atoms with Crippen LogP contribution in [0, 0.1) is 13.8 Å². The summed E-state index contributed by atoms with van der Waals surface area (Å²) >= 11 is 1.65. The molecule has 2 heterocycles. The van der Waals surface area contributed by atoms with Crippen LogP contribution in [0.25, 0.3) is 10.9 Å². The molecular formula is C18H18N2OS. The third-order valence-corrected chi connectivity index (χ3v) is 4.78. The maximum atomic E-state index is 12.6. The van der Waals surface area contributed by atoms with Crippen molar-refractivity contribution in [1.82, 2.24) is 10.3 Å². The number of nitrogens with one attached hydrogen (secondary N) is 1. The van der Waals surface area contributed by atoms with Crippen LogP contribution in [0.1, 0.15) is 39.5 Å². The molecule has 0 saturated carbocycles. The van der Waals surface area contributed by atoms with Crippen LogP contribution >= 0.6 is 11.3 Å². The first-order valence-electron chi connectivity index (χ1n) is 7.27. The van der Waals surface area contributed by atoms with Crippen LogP contribution in [0.2, 0.25) is 0 Å².